The quantitative estimate of drug-likeness (QED) is 0.394. The fraction of sp³-hybridized carbons (Fsp3) is 1.00. The van der Waals surface area contributed by atoms with Gasteiger partial charge in [0, 0.05) is 37.7 Å². The summed E-state index contributed by atoms with van der Waals surface area (Å²) in [4.78, 5) is 5.04. The standard InChI is InChI=1S/C9H18N4O/c1-9(2)8-13(5-3-7-14-9)6-4-11-12-10/h3-8H2,1-2H3. The molecule has 5 nitrogen and oxygen atoms in total. The molecule has 0 bridgehead atoms. The third kappa shape index (κ3) is 3.96. The van der Waals surface area contributed by atoms with Gasteiger partial charge in [-0.1, -0.05) is 5.11 Å². The molecule has 0 aromatic carbocycles. The van der Waals surface area contributed by atoms with Crippen LogP contribution in [0, 0.1) is 0 Å². The van der Waals surface area contributed by atoms with Gasteiger partial charge in [-0.25, -0.2) is 0 Å². The molecule has 0 unspecified atom stereocenters. The second kappa shape index (κ2) is 5.20. The van der Waals surface area contributed by atoms with Crippen molar-refractivity contribution in [3.8, 4) is 0 Å². The van der Waals surface area contributed by atoms with E-state index < -0.39 is 0 Å². The highest BCUT2D eigenvalue weighted by molar-refractivity contribution is 4.77. The van der Waals surface area contributed by atoms with Crippen LogP contribution in [0.5, 0.6) is 0 Å². The molecule has 0 saturated carbocycles. The Morgan fingerprint density at radius 3 is 3.07 bits per heavy atom. The molecule has 0 aromatic rings. The Hall–Kier alpha value is -0.770. The lowest BCUT2D eigenvalue weighted by molar-refractivity contribution is -0.0168. The van der Waals surface area contributed by atoms with Crippen molar-refractivity contribution in [2.75, 3.05) is 32.8 Å². The van der Waals surface area contributed by atoms with Gasteiger partial charge in [0.15, 0.2) is 0 Å². The summed E-state index contributed by atoms with van der Waals surface area (Å²) in [6, 6.07) is 0. The van der Waals surface area contributed by atoms with Crippen LogP contribution in [0.4, 0.5) is 0 Å². The molecule has 1 saturated heterocycles. The minimum Gasteiger partial charge on any atom is -0.374 e. The molecular formula is C9H18N4O. The Morgan fingerprint density at radius 2 is 2.36 bits per heavy atom. The monoisotopic (exact) mass is 198 g/mol. The second-order valence-electron chi connectivity index (χ2n) is 4.19. The van der Waals surface area contributed by atoms with E-state index in [1.807, 2.05) is 0 Å². The van der Waals surface area contributed by atoms with Gasteiger partial charge in [0.25, 0.3) is 0 Å². The molecular weight excluding hydrogens is 180 g/mol. The van der Waals surface area contributed by atoms with Crippen LogP contribution in [-0.2, 0) is 4.74 Å². The summed E-state index contributed by atoms with van der Waals surface area (Å²) in [5.41, 5.74) is 8.09. The van der Waals surface area contributed by atoms with Crippen molar-refractivity contribution in [3.05, 3.63) is 10.4 Å². The minimum atomic E-state index is -0.0765. The highest BCUT2D eigenvalue weighted by Gasteiger charge is 2.24. The maximum Gasteiger partial charge on any atom is 0.0752 e. The summed E-state index contributed by atoms with van der Waals surface area (Å²) >= 11 is 0. The van der Waals surface area contributed by atoms with E-state index in [0.717, 1.165) is 32.7 Å². The Morgan fingerprint density at radius 1 is 1.57 bits per heavy atom. The number of hydrogen-bond acceptors (Lipinski definition) is 3. The van der Waals surface area contributed by atoms with Gasteiger partial charge in [-0.05, 0) is 25.8 Å². The Kier molecular flexibility index (Phi) is 4.20. The minimum absolute atomic E-state index is 0.0765. The topological polar surface area (TPSA) is 61.2 Å². The molecule has 0 atom stereocenters. The first-order valence-electron chi connectivity index (χ1n) is 5.01. The van der Waals surface area contributed by atoms with Crippen molar-refractivity contribution in [3.63, 3.8) is 0 Å². The van der Waals surface area contributed by atoms with E-state index in [1.165, 1.54) is 0 Å². The maximum atomic E-state index is 8.17. The number of azide groups is 1. The summed E-state index contributed by atoms with van der Waals surface area (Å²) < 4.78 is 5.68. The molecule has 1 fully saturated rings. The molecule has 5 heteroatoms. The zero-order valence-electron chi connectivity index (χ0n) is 8.94. The number of rotatable bonds is 3. The predicted octanol–water partition coefficient (Wildman–Crippen LogP) is 1.80. The van der Waals surface area contributed by atoms with Crippen LogP contribution in [0.1, 0.15) is 20.3 Å². The SMILES string of the molecule is CC1(C)CN(CCN=[N+]=[N-])CCCO1. The fourth-order valence-corrected chi connectivity index (χ4v) is 1.72. The third-order valence-corrected chi connectivity index (χ3v) is 2.30. The molecule has 0 N–H and O–H groups in total. The lowest BCUT2D eigenvalue weighted by Gasteiger charge is -2.28. The highest BCUT2D eigenvalue weighted by atomic mass is 16.5. The van der Waals surface area contributed by atoms with Crippen LogP contribution >= 0.6 is 0 Å². The molecule has 1 heterocycles. The van der Waals surface area contributed by atoms with Crippen LogP contribution in [0.15, 0.2) is 5.11 Å². The zero-order chi connectivity index (χ0) is 10.4. The summed E-state index contributed by atoms with van der Waals surface area (Å²) in [6.07, 6.45) is 1.06. The van der Waals surface area contributed by atoms with Gasteiger partial charge in [-0.2, -0.15) is 0 Å². The molecule has 0 radical (unpaired) electrons. The normalized spacial score (nSPS) is 22.4. The second-order valence-corrected chi connectivity index (χ2v) is 4.19. The first-order valence-corrected chi connectivity index (χ1v) is 5.01. The van der Waals surface area contributed by atoms with Crippen molar-refractivity contribution in [1.29, 1.82) is 0 Å². The van der Waals surface area contributed by atoms with Crippen LogP contribution in [0.3, 0.4) is 0 Å². The molecule has 1 aliphatic rings. The fourth-order valence-electron chi connectivity index (χ4n) is 1.72. The van der Waals surface area contributed by atoms with E-state index in [0.29, 0.717) is 6.54 Å². The molecule has 0 spiro atoms. The zero-order valence-corrected chi connectivity index (χ0v) is 8.94. The Labute approximate surface area is 84.7 Å². The average molecular weight is 198 g/mol. The first kappa shape index (κ1) is 11.3. The summed E-state index contributed by atoms with van der Waals surface area (Å²) in [6.45, 7) is 8.34. The van der Waals surface area contributed by atoms with Crippen LogP contribution in [0.2, 0.25) is 0 Å². The predicted molar refractivity (Wildman–Crippen MR) is 55.1 cm³/mol. The molecule has 1 rings (SSSR count). The maximum absolute atomic E-state index is 8.17. The highest BCUT2D eigenvalue weighted by Crippen LogP contribution is 2.15. The van der Waals surface area contributed by atoms with Crippen molar-refractivity contribution in [2.24, 2.45) is 5.11 Å². The van der Waals surface area contributed by atoms with E-state index in [2.05, 4.69) is 28.8 Å². The Bertz CT molecular complexity index is 223. The van der Waals surface area contributed by atoms with Crippen molar-refractivity contribution in [2.45, 2.75) is 25.9 Å². The van der Waals surface area contributed by atoms with Crippen LogP contribution in [-0.4, -0.2) is 43.3 Å². The largest absolute Gasteiger partial charge is 0.374 e. The Balaban J connectivity index is 2.39. The van der Waals surface area contributed by atoms with Gasteiger partial charge in [-0.3, -0.25) is 0 Å². The van der Waals surface area contributed by atoms with E-state index in [-0.39, 0.29) is 5.60 Å². The number of nitrogens with zero attached hydrogens (tertiary/aromatic N) is 4. The van der Waals surface area contributed by atoms with Crippen molar-refractivity contribution in [1.82, 2.24) is 4.90 Å². The molecule has 1 aliphatic heterocycles. The number of hydrogen-bond donors (Lipinski definition) is 0. The van der Waals surface area contributed by atoms with Crippen LogP contribution < -0.4 is 0 Å². The van der Waals surface area contributed by atoms with Gasteiger partial charge >= 0.3 is 0 Å². The van der Waals surface area contributed by atoms with E-state index >= 15 is 0 Å². The third-order valence-electron chi connectivity index (χ3n) is 2.30. The van der Waals surface area contributed by atoms with E-state index in [4.69, 9.17) is 10.3 Å². The first-order chi connectivity index (χ1) is 6.64. The van der Waals surface area contributed by atoms with Gasteiger partial charge in [0.1, 0.15) is 0 Å². The molecule has 0 amide bonds. The number of ether oxygens (including phenoxy) is 1. The summed E-state index contributed by atoms with van der Waals surface area (Å²) in [5, 5.41) is 3.54. The average Bonchev–Trinajstić information content (AvgIpc) is 2.27. The van der Waals surface area contributed by atoms with Gasteiger partial charge < -0.3 is 9.64 Å². The van der Waals surface area contributed by atoms with Crippen LogP contribution in [0.25, 0.3) is 10.4 Å². The smallest absolute Gasteiger partial charge is 0.0752 e. The van der Waals surface area contributed by atoms with Crippen molar-refractivity contribution < 1.29 is 4.74 Å². The molecule has 14 heavy (non-hydrogen) atoms. The van der Waals surface area contributed by atoms with Gasteiger partial charge in [0.2, 0.25) is 0 Å². The van der Waals surface area contributed by atoms with Crippen molar-refractivity contribution >= 4 is 0 Å². The van der Waals surface area contributed by atoms with E-state index in [1.54, 1.807) is 0 Å². The lowest BCUT2D eigenvalue weighted by Crippen LogP contribution is -2.39. The van der Waals surface area contributed by atoms with Gasteiger partial charge in [-0.15, -0.1) is 0 Å². The molecule has 0 aliphatic carbocycles. The molecule has 0 aromatic heterocycles. The molecule has 80 valence electrons. The summed E-state index contributed by atoms with van der Waals surface area (Å²) in [5.74, 6) is 0. The lowest BCUT2D eigenvalue weighted by atomic mass is 10.1. The van der Waals surface area contributed by atoms with Gasteiger partial charge in [0.05, 0.1) is 5.60 Å². The summed E-state index contributed by atoms with van der Waals surface area (Å²) in [7, 11) is 0. The van der Waals surface area contributed by atoms with E-state index in [9.17, 15) is 0 Å².